The molecular formula is C7H12O4. The van der Waals surface area contributed by atoms with Crippen molar-refractivity contribution in [3.63, 3.8) is 0 Å². The molecule has 1 N–H and O–H groups in total. The molecule has 3 heterocycles. The van der Waals surface area contributed by atoms with Crippen molar-refractivity contribution in [1.29, 1.82) is 0 Å². The van der Waals surface area contributed by atoms with E-state index in [0.717, 1.165) is 0 Å². The molecule has 0 amide bonds. The second-order valence-electron chi connectivity index (χ2n) is 3.39. The van der Waals surface area contributed by atoms with Crippen LogP contribution in [0.25, 0.3) is 0 Å². The first-order chi connectivity index (χ1) is 5.18. The van der Waals surface area contributed by atoms with Crippen LogP contribution in [0.3, 0.4) is 0 Å². The van der Waals surface area contributed by atoms with Crippen molar-refractivity contribution in [3.8, 4) is 0 Å². The number of fused-ring (bicyclic) bond motifs is 3. The van der Waals surface area contributed by atoms with Crippen molar-refractivity contribution in [1.82, 2.24) is 0 Å². The summed E-state index contributed by atoms with van der Waals surface area (Å²) in [5, 5.41) is 9.01. The SMILES string of the molecule is CC12OCC(CO)(CO1)CO2. The van der Waals surface area contributed by atoms with E-state index >= 15 is 0 Å². The van der Waals surface area contributed by atoms with Crippen molar-refractivity contribution in [2.24, 2.45) is 5.41 Å². The van der Waals surface area contributed by atoms with Crippen LogP contribution in [0, 0.1) is 5.41 Å². The number of ether oxygens (including phenoxy) is 3. The van der Waals surface area contributed by atoms with Gasteiger partial charge in [-0.2, -0.15) is 0 Å². The van der Waals surface area contributed by atoms with E-state index in [1.807, 2.05) is 0 Å². The lowest BCUT2D eigenvalue weighted by Crippen LogP contribution is -2.59. The van der Waals surface area contributed by atoms with Crippen LogP contribution in [0.4, 0.5) is 0 Å². The zero-order valence-corrected chi connectivity index (χ0v) is 6.50. The summed E-state index contributed by atoms with van der Waals surface area (Å²) in [5.41, 5.74) is -0.308. The van der Waals surface area contributed by atoms with Crippen LogP contribution in [0.15, 0.2) is 0 Å². The molecule has 3 fully saturated rings. The van der Waals surface area contributed by atoms with E-state index in [4.69, 9.17) is 19.3 Å². The minimum atomic E-state index is -0.850. The Hall–Kier alpha value is -0.160. The molecule has 0 atom stereocenters. The van der Waals surface area contributed by atoms with E-state index in [1.165, 1.54) is 0 Å². The van der Waals surface area contributed by atoms with E-state index in [-0.39, 0.29) is 12.0 Å². The number of aliphatic hydroxyl groups is 1. The summed E-state index contributed by atoms with van der Waals surface area (Å²) in [5.74, 6) is -0.850. The van der Waals surface area contributed by atoms with Crippen LogP contribution < -0.4 is 0 Å². The van der Waals surface area contributed by atoms with Crippen LogP contribution in [0.1, 0.15) is 6.92 Å². The molecule has 3 rings (SSSR count). The van der Waals surface area contributed by atoms with E-state index in [1.54, 1.807) is 6.92 Å². The third kappa shape index (κ3) is 1.06. The van der Waals surface area contributed by atoms with Gasteiger partial charge in [0, 0.05) is 6.92 Å². The molecule has 0 spiro atoms. The maximum absolute atomic E-state index is 9.01. The summed E-state index contributed by atoms with van der Waals surface area (Å²) < 4.78 is 15.8. The van der Waals surface area contributed by atoms with Gasteiger partial charge in [0.15, 0.2) is 0 Å². The highest BCUT2D eigenvalue weighted by Gasteiger charge is 2.49. The molecule has 0 unspecified atom stereocenters. The molecule has 11 heavy (non-hydrogen) atoms. The van der Waals surface area contributed by atoms with Crippen LogP contribution in [0.5, 0.6) is 0 Å². The molecule has 3 aliphatic heterocycles. The lowest BCUT2D eigenvalue weighted by molar-refractivity contribution is -0.461. The second-order valence-corrected chi connectivity index (χ2v) is 3.39. The van der Waals surface area contributed by atoms with Gasteiger partial charge in [0.2, 0.25) is 0 Å². The molecule has 4 nitrogen and oxygen atoms in total. The van der Waals surface area contributed by atoms with Crippen molar-refractivity contribution in [2.75, 3.05) is 26.4 Å². The first-order valence-electron chi connectivity index (χ1n) is 3.71. The highest BCUT2D eigenvalue weighted by Crippen LogP contribution is 2.37. The lowest BCUT2D eigenvalue weighted by Gasteiger charge is -2.49. The summed E-state index contributed by atoms with van der Waals surface area (Å²) in [4.78, 5) is 0. The average molecular weight is 160 g/mol. The highest BCUT2D eigenvalue weighted by molar-refractivity contribution is 4.86. The maximum Gasteiger partial charge on any atom is 0.279 e. The molecule has 0 saturated carbocycles. The van der Waals surface area contributed by atoms with Gasteiger partial charge < -0.3 is 19.3 Å². The molecule has 0 aliphatic carbocycles. The molecule has 64 valence electrons. The third-order valence-electron chi connectivity index (χ3n) is 2.26. The normalized spacial score (nSPS) is 49.6. The van der Waals surface area contributed by atoms with E-state index in [0.29, 0.717) is 19.8 Å². The number of aliphatic hydroxyl groups excluding tert-OH is 1. The minimum absolute atomic E-state index is 0.0586. The van der Waals surface area contributed by atoms with Gasteiger partial charge in [-0.05, 0) is 0 Å². The Labute approximate surface area is 65.1 Å². The molecule has 4 heteroatoms. The second kappa shape index (κ2) is 2.17. The van der Waals surface area contributed by atoms with Crippen molar-refractivity contribution in [3.05, 3.63) is 0 Å². The minimum Gasteiger partial charge on any atom is -0.396 e. The van der Waals surface area contributed by atoms with E-state index < -0.39 is 5.97 Å². The zero-order chi connectivity index (χ0) is 7.95. The quantitative estimate of drug-likeness (QED) is 0.573. The largest absolute Gasteiger partial charge is 0.396 e. The summed E-state index contributed by atoms with van der Waals surface area (Å²) in [6.07, 6.45) is 0. The van der Waals surface area contributed by atoms with Crippen molar-refractivity contribution in [2.45, 2.75) is 12.9 Å². The first kappa shape index (κ1) is 7.49. The molecular weight excluding hydrogens is 148 g/mol. The third-order valence-corrected chi connectivity index (χ3v) is 2.26. The average Bonchev–Trinajstić information content (AvgIpc) is 2.07. The Bertz CT molecular complexity index is 143. The number of rotatable bonds is 1. The predicted molar refractivity (Wildman–Crippen MR) is 35.8 cm³/mol. The number of hydrogen-bond donors (Lipinski definition) is 1. The van der Waals surface area contributed by atoms with Crippen LogP contribution in [0.2, 0.25) is 0 Å². The molecule has 0 aromatic carbocycles. The summed E-state index contributed by atoms with van der Waals surface area (Å²) in [6, 6.07) is 0. The van der Waals surface area contributed by atoms with E-state index in [9.17, 15) is 0 Å². The molecule has 3 aliphatic rings. The standard InChI is InChI=1S/C7H12O4/c1-6-9-3-7(2-8,4-10-6)5-11-6/h8H,2-5H2,1H3. The van der Waals surface area contributed by atoms with Gasteiger partial charge in [-0.25, -0.2) is 0 Å². The summed E-state index contributed by atoms with van der Waals surface area (Å²) in [7, 11) is 0. The van der Waals surface area contributed by atoms with Gasteiger partial charge in [0.05, 0.1) is 31.8 Å². The smallest absolute Gasteiger partial charge is 0.279 e. The zero-order valence-electron chi connectivity index (χ0n) is 6.50. The van der Waals surface area contributed by atoms with Crippen LogP contribution in [-0.4, -0.2) is 37.5 Å². The maximum atomic E-state index is 9.01. The van der Waals surface area contributed by atoms with Gasteiger partial charge >= 0.3 is 0 Å². The first-order valence-corrected chi connectivity index (χ1v) is 3.71. The molecule has 3 saturated heterocycles. The molecule has 2 bridgehead atoms. The van der Waals surface area contributed by atoms with Crippen molar-refractivity contribution >= 4 is 0 Å². The van der Waals surface area contributed by atoms with Crippen LogP contribution >= 0.6 is 0 Å². The van der Waals surface area contributed by atoms with Gasteiger partial charge in [0.25, 0.3) is 5.97 Å². The van der Waals surface area contributed by atoms with E-state index in [2.05, 4.69) is 0 Å². The van der Waals surface area contributed by atoms with Gasteiger partial charge in [0.1, 0.15) is 0 Å². The van der Waals surface area contributed by atoms with Gasteiger partial charge in [-0.1, -0.05) is 0 Å². The fraction of sp³-hybridized carbons (Fsp3) is 1.00. The summed E-state index contributed by atoms with van der Waals surface area (Å²) >= 11 is 0. The monoisotopic (exact) mass is 160 g/mol. The Morgan fingerprint density at radius 1 is 1.18 bits per heavy atom. The van der Waals surface area contributed by atoms with Crippen LogP contribution in [-0.2, 0) is 14.2 Å². The lowest BCUT2D eigenvalue weighted by atomic mass is 9.90. The van der Waals surface area contributed by atoms with Gasteiger partial charge in [-0.15, -0.1) is 0 Å². The topological polar surface area (TPSA) is 47.9 Å². The van der Waals surface area contributed by atoms with Gasteiger partial charge in [-0.3, -0.25) is 0 Å². The Balaban J connectivity index is 2.12. The fourth-order valence-electron chi connectivity index (χ4n) is 1.24. The van der Waals surface area contributed by atoms with Crippen molar-refractivity contribution < 1.29 is 19.3 Å². The Kier molecular flexibility index (Phi) is 1.47. The molecule has 0 aromatic rings. The fourth-order valence-corrected chi connectivity index (χ4v) is 1.24. The Morgan fingerprint density at radius 2 is 1.64 bits per heavy atom. The molecule has 0 aromatic heterocycles. The Morgan fingerprint density at radius 3 is 2.00 bits per heavy atom. The predicted octanol–water partition coefficient (Wildman–Crippen LogP) is -0.284. The molecule has 0 radical (unpaired) electrons. The summed E-state index contributed by atoms with van der Waals surface area (Å²) in [6.45, 7) is 3.39. The highest BCUT2D eigenvalue weighted by atomic mass is 16.9. The number of hydrogen-bond acceptors (Lipinski definition) is 4.